The van der Waals surface area contributed by atoms with Crippen molar-refractivity contribution in [2.75, 3.05) is 0 Å². The average molecular weight is 310 g/mol. The molecule has 0 aliphatic heterocycles. The Bertz CT molecular complexity index is 839. The van der Waals surface area contributed by atoms with E-state index < -0.39 is 17.6 Å². The fraction of sp³-hybridized carbons (Fsp3) is 0.133. The van der Waals surface area contributed by atoms with Crippen molar-refractivity contribution in [2.45, 2.75) is 13.1 Å². The number of rotatable bonds is 2. The van der Waals surface area contributed by atoms with Crippen molar-refractivity contribution in [3.05, 3.63) is 53.6 Å². The first-order chi connectivity index (χ1) is 10.3. The number of benzene rings is 1. The number of H-pyrrole nitrogens is 1. The molecule has 114 valence electrons. The van der Waals surface area contributed by atoms with Crippen LogP contribution in [0.1, 0.15) is 11.1 Å². The lowest BCUT2D eigenvalue weighted by molar-refractivity contribution is -0.136. The normalized spacial score (nSPS) is 11.9. The number of hydrogen-bond acceptors (Lipinski definition) is 2. The maximum atomic E-state index is 13.6. The standard InChI is InChI=1S/C15H10F4N2O/c1-8-2-3-20-13(4-8)22-12-6-9(16)5-10-11(15(17,18)19)7-21-14(10)12/h2-7,21H,1H3. The summed E-state index contributed by atoms with van der Waals surface area (Å²) < 4.78 is 57.8. The van der Waals surface area contributed by atoms with Crippen molar-refractivity contribution in [2.24, 2.45) is 0 Å². The Morgan fingerprint density at radius 3 is 2.64 bits per heavy atom. The number of nitrogens with one attached hydrogen (secondary N) is 1. The third kappa shape index (κ3) is 2.61. The summed E-state index contributed by atoms with van der Waals surface area (Å²) in [5.41, 5.74) is -0.0128. The molecule has 0 amide bonds. The summed E-state index contributed by atoms with van der Waals surface area (Å²) in [4.78, 5) is 6.43. The Morgan fingerprint density at radius 1 is 1.18 bits per heavy atom. The molecule has 2 aromatic heterocycles. The van der Waals surface area contributed by atoms with Crippen LogP contribution in [0.5, 0.6) is 11.6 Å². The van der Waals surface area contributed by atoms with Gasteiger partial charge in [0.1, 0.15) is 5.82 Å². The summed E-state index contributed by atoms with van der Waals surface area (Å²) in [5, 5.41) is -0.282. The summed E-state index contributed by atoms with van der Waals surface area (Å²) in [6, 6.07) is 5.18. The average Bonchev–Trinajstić information content (AvgIpc) is 2.82. The van der Waals surface area contributed by atoms with Crippen LogP contribution in [0, 0.1) is 12.7 Å². The van der Waals surface area contributed by atoms with Crippen LogP contribution >= 0.6 is 0 Å². The molecular formula is C15H10F4N2O. The highest BCUT2D eigenvalue weighted by Gasteiger charge is 2.34. The van der Waals surface area contributed by atoms with Gasteiger partial charge in [-0.2, -0.15) is 13.2 Å². The van der Waals surface area contributed by atoms with Crippen molar-refractivity contribution in [3.63, 3.8) is 0 Å². The van der Waals surface area contributed by atoms with Gasteiger partial charge in [0.2, 0.25) is 5.88 Å². The molecule has 1 aromatic carbocycles. The predicted molar refractivity (Wildman–Crippen MR) is 72.3 cm³/mol. The lowest BCUT2D eigenvalue weighted by Gasteiger charge is -2.08. The molecule has 0 bridgehead atoms. The number of aromatic amines is 1. The minimum atomic E-state index is -4.58. The van der Waals surface area contributed by atoms with Crippen molar-refractivity contribution in [1.29, 1.82) is 0 Å². The molecule has 3 nitrogen and oxygen atoms in total. The Labute approximate surface area is 122 Å². The van der Waals surface area contributed by atoms with Crippen LogP contribution in [0.25, 0.3) is 10.9 Å². The first-order valence-electron chi connectivity index (χ1n) is 6.33. The molecule has 0 unspecified atom stereocenters. The van der Waals surface area contributed by atoms with E-state index in [0.29, 0.717) is 0 Å². The highest BCUT2D eigenvalue weighted by molar-refractivity contribution is 5.89. The van der Waals surface area contributed by atoms with E-state index in [4.69, 9.17) is 4.74 Å². The molecule has 2 heterocycles. The zero-order chi connectivity index (χ0) is 15.9. The van der Waals surface area contributed by atoms with Crippen molar-refractivity contribution < 1.29 is 22.3 Å². The SMILES string of the molecule is Cc1ccnc(Oc2cc(F)cc3c(C(F)(F)F)c[nH]c23)c1. The molecule has 0 saturated carbocycles. The number of alkyl halides is 3. The first-order valence-corrected chi connectivity index (χ1v) is 6.33. The first kappa shape index (κ1) is 14.4. The molecule has 0 aliphatic carbocycles. The molecule has 3 rings (SSSR count). The van der Waals surface area contributed by atoms with Gasteiger partial charge in [0, 0.05) is 29.9 Å². The number of hydrogen-bond donors (Lipinski definition) is 1. The van der Waals surface area contributed by atoms with Crippen LogP contribution < -0.4 is 4.74 Å². The van der Waals surface area contributed by atoms with Crippen molar-refractivity contribution >= 4 is 10.9 Å². The van der Waals surface area contributed by atoms with Gasteiger partial charge >= 0.3 is 6.18 Å². The topological polar surface area (TPSA) is 37.9 Å². The Kier molecular flexibility index (Phi) is 3.27. The summed E-state index contributed by atoms with van der Waals surface area (Å²) >= 11 is 0. The number of aromatic nitrogens is 2. The number of fused-ring (bicyclic) bond motifs is 1. The second-order valence-electron chi connectivity index (χ2n) is 4.80. The van der Waals surface area contributed by atoms with E-state index in [0.717, 1.165) is 23.9 Å². The van der Waals surface area contributed by atoms with E-state index in [-0.39, 0.29) is 22.5 Å². The quantitative estimate of drug-likeness (QED) is 0.689. The molecule has 0 atom stereocenters. The Balaban J connectivity index is 2.12. The molecule has 1 N–H and O–H groups in total. The largest absolute Gasteiger partial charge is 0.437 e. The van der Waals surface area contributed by atoms with Crippen molar-refractivity contribution in [3.8, 4) is 11.6 Å². The molecule has 0 aliphatic rings. The lowest BCUT2D eigenvalue weighted by atomic mass is 10.1. The third-order valence-electron chi connectivity index (χ3n) is 3.13. The molecule has 0 spiro atoms. The fourth-order valence-electron chi connectivity index (χ4n) is 2.16. The van der Waals surface area contributed by atoms with E-state index in [1.807, 2.05) is 6.92 Å². The minimum Gasteiger partial charge on any atom is -0.437 e. The lowest BCUT2D eigenvalue weighted by Crippen LogP contribution is -2.03. The Morgan fingerprint density at radius 2 is 1.95 bits per heavy atom. The van der Waals surface area contributed by atoms with Gasteiger partial charge in [0.05, 0.1) is 11.1 Å². The van der Waals surface area contributed by atoms with E-state index in [1.54, 1.807) is 12.1 Å². The molecular weight excluding hydrogens is 300 g/mol. The predicted octanol–water partition coefficient (Wildman–Crippen LogP) is 4.82. The smallest absolute Gasteiger partial charge is 0.418 e. The van der Waals surface area contributed by atoms with Crippen LogP contribution in [0.4, 0.5) is 17.6 Å². The minimum absolute atomic E-state index is 0.0522. The second kappa shape index (κ2) is 5.01. The third-order valence-corrected chi connectivity index (χ3v) is 3.13. The molecule has 22 heavy (non-hydrogen) atoms. The Hall–Kier alpha value is -2.57. The van der Waals surface area contributed by atoms with E-state index in [9.17, 15) is 17.6 Å². The van der Waals surface area contributed by atoms with E-state index in [1.165, 1.54) is 6.20 Å². The van der Waals surface area contributed by atoms with Gasteiger partial charge in [-0.15, -0.1) is 0 Å². The summed E-state index contributed by atoms with van der Waals surface area (Å²) in [6.45, 7) is 1.81. The number of nitrogens with zero attached hydrogens (tertiary/aromatic N) is 1. The zero-order valence-electron chi connectivity index (χ0n) is 11.3. The van der Waals surface area contributed by atoms with Crippen LogP contribution in [-0.4, -0.2) is 9.97 Å². The van der Waals surface area contributed by atoms with Crippen molar-refractivity contribution in [1.82, 2.24) is 9.97 Å². The van der Waals surface area contributed by atoms with Crippen LogP contribution in [0.15, 0.2) is 36.7 Å². The maximum absolute atomic E-state index is 13.6. The number of pyridine rings is 1. The molecule has 3 aromatic rings. The van der Waals surface area contributed by atoms with Gasteiger partial charge in [0.15, 0.2) is 5.75 Å². The summed E-state index contributed by atoms with van der Waals surface area (Å²) in [5.74, 6) is -0.695. The number of aryl methyl sites for hydroxylation is 1. The summed E-state index contributed by atoms with van der Waals surface area (Å²) in [6.07, 6.45) is -2.29. The maximum Gasteiger partial charge on any atom is 0.418 e. The van der Waals surface area contributed by atoms with Gasteiger partial charge in [-0.1, -0.05) is 0 Å². The number of ether oxygens (including phenoxy) is 1. The van der Waals surface area contributed by atoms with Gasteiger partial charge in [-0.3, -0.25) is 0 Å². The summed E-state index contributed by atoms with van der Waals surface area (Å²) in [7, 11) is 0. The van der Waals surface area contributed by atoms with E-state index in [2.05, 4.69) is 9.97 Å². The zero-order valence-corrected chi connectivity index (χ0v) is 11.3. The second-order valence-corrected chi connectivity index (χ2v) is 4.80. The van der Waals surface area contributed by atoms with Gasteiger partial charge < -0.3 is 9.72 Å². The highest BCUT2D eigenvalue weighted by atomic mass is 19.4. The van der Waals surface area contributed by atoms with Crippen LogP contribution in [0.2, 0.25) is 0 Å². The molecule has 7 heteroatoms. The monoisotopic (exact) mass is 310 g/mol. The van der Waals surface area contributed by atoms with Gasteiger partial charge in [0.25, 0.3) is 0 Å². The molecule has 0 saturated heterocycles. The number of halogens is 4. The highest BCUT2D eigenvalue weighted by Crippen LogP contribution is 2.39. The van der Waals surface area contributed by atoms with Gasteiger partial charge in [-0.05, 0) is 24.6 Å². The van der Waals surface area contributed by atoms with Crippen LogP contribution in [0.3, 0.4) is 0 Å². The van der Waals surface area contributed by atoms with Gasteiger partial charge in [-0.25, -0.2) is 9.37 Å². The molecule has 0 fully saturated rings. The van der Waals surface area contributed by atoms with E-state index >= 15 is 0 Å². The molecule has 0 radical (unpaired) electrons. The fourth-order valence-corrected chi connectivity index (χ4v) is 2.16. The van der Waals surface area contributed by atoms with Crippen LogP contribution in [-0.2, 0) is 6.18 Å².